The van der Waals surface area contributed by atoms with Crippen LogP contribution in [-0.4, -0.2) is 91.5 Å². The van der Waals surface area contributed by atoms with E-state index in [-0.39, 0.29) is 6.61 Å². The second kappa shape index (κ2) is 18.9. The van der Waals surface area contributed by atoms with Gasteiger partial charge in [0, 0.05) is 64.7 Å². The number of benzene rings is 4. The number of alkyl carbamates (subject to hydrolysis) is 1. The third kappa shape index (κ3) is 10.8. The van der Waals surface area contributed by atoms with Crippen LogP contribution in [0.2, 0.25) is 10.0 Å². The summed E-state index contributed by atoms with van der Waals surface area (Å²) >= 11 is 12.7. The number of anilines is 2. The van der Waals surface area contributed by atoms with E-state index < -0.39 is 29.6 Å². The van der Waals surface area contributed by atoms with E-state index in [1.807, 2.05) is 72.8 Å². The smallest absolute Gasteiger partial charge is 0.408 e. The Bertz CT molecular complexity index is 2370. The second-order valence-electron chi connectivity index (χ2n) is 15.0. The molecule has 0 bridgehead atoms. The Morgan fingerprint density at radius 2 is 1.19 bits per heavy atom. The Balaban J connectivity index is 1.24. The normalized spacial score (nSPS) is 12.0. The number of nitrogens with zero attached hydrogens (tertiary/aromatic N) is 3. The second-order valence-corrected chi connectivity index (χ2v) is 15.8. The standard InChI is InChI=1S/C44H48Cl2N6O7/c1-26(53)58-25-39(51-43(55)59-44(2,3)4)42(54)52(19-7-17-47-40-31-13-9-27(45)21-37(31)49-35-15-11-29(56-5)23-33(35)40)20-8-18-48-41-32-14-10-28(46)22-38(32)50-36-16-12-30(57-6)24-34(36)41/h9-16,21-24,39H,7-8,17-20,25H2,1-6H3,(H,47,49)(H,48,50)(H,51,55). The SMILES string of the molecule is COc1ccc2nc3cc(Cl)ccc3c(NCCCN(CCCNc3c4ccc(Cl)cc4nc4ccc(OC)cc34)C(=O)C(COC(C)=O)NC(=O)OC(C)(C)C)c2c1. The number of halogens is 2. The Kier molecular flexibility index (Phi) is 13.7. The minimum Gasteiger partial charge on any atom is -0.497 e. The lowest BCUT2D eigenvalue weighted by Gasteiger charge is -2.29. The van der Waals surface area contributed by atoms with E-state index in [1.54, 1.807) is 39.9 Å². The molecule has 0 aliphatic rings. The Morgan fingerprint density at radius 1 is 0.695 bits per heavy atom. The molecule has 0 aliphatic carbocycles. The average molecular weight is 844 g/mol. The Morgan fingerprint density at radius 3 is 1.63 bits per heavy atom. The number of fused-ring (bicyclic) bond motifs is 4. The van der Waals surface area contributed by atoms with Crippen molar-refractivity contribution >= 4 is 96.2 Å². The molecule has 2 amide bonds. The largest absolute Gasteiger partial charge is 0.497 e. The predicted octanol–water partition coefficient (Wildman–Crippen LogP) is 9.00. The van der Waals surface area contributed by atoms with Crippen LogP contribution in [0.15, 0.2) is 72.8 Å². The van der Waals surface area contributed by atoms with E-state index in [1.165, 1.54) is 6.92 Å². The zero-order valence-corrected chi connectivity index (χ0v) is 35.4. The highest BCUT2D eigenvalue weighted by atomic mass is 35.5. The number of nitrogens with one attached hydrogen (secondary N) is 3. The summed E-state index contributed by atoms with van der Waals surface area (Å²) in [5, 5.41) is 14.5. The highest BCUT2D eigenvalue weighted by molar-refractivity contribution is 6.32. The van der Waals surface area contributed by atoms with E-state index in [2.05, 4.69) is 16.0 Å². The van der Waals surface area contributed by atoms with Gasteiger partial charge in [0.05, 0.1) is 47.7 Å². The summed E-state index contributed by atoms with van der Waals surface area (Å²) in [6, 6.07) is 21.3. The summed E-state index contributed by atoms with van der Waals surface area (Å²) in [6.07, 6.45) is 0.245. The number of hydrogen-bond acceptors (Lipinski definition) is 11. The minimum atomic E-state index is -1.19. The summed E-state index contributed by atoms with van der Waals surface area (Å²) in [6.45, 7) is 7.63. The van der Waals surface area contributed by atoms with Gasteiger partial charge in [-0.1, -0.05) is 23.2 Å². The van der Waals surface area contributed by atoms with Gasteiger partial charge in [0.25, 0.3) is 0 Å². The molecule has 1 atom stereocenters. The number of aromatic nitrogens is 2. The van der Waals surface area contributed by atoms with Crippen molar-refractivity contribution in [3.05, 3.63) is 82.8 Å². The third-order valence-corrected chi connectivity index (χ3v) is 9.92. The van der Waals surface area contributed by atoms with Crippen LogP contribution in [-0.2, 0) is 19.1 Å². The lowest BCUT2D eigenvalue weighted by molar-refractivity contribution is -0.144. The fourth-order valence-electron chi connectivity index (χ4n) is 6.77. The van der Waals surface area contributed by atoms with Crippen molar-refractivity contribution in [3.8, 4) is 11.5 Å². The van der Waals surface area contributed by atoms with Crippen molar-refractivity contribution in [1.29, 1.82) is 0 Å². The van der Waals surface area contributed by atoms with Crippen molar-refractivity contribution in [2.45, 2.75) is 52.2 Å². The molecule has 59 heavy (non-hydrogen) atoms. The number of esters is 1. The molecule has 0 spiro atoms. The first-order valence-corrected chi connectivity index (χ1v) is 20.0. The van der Waals surface area contributed by atoms with Crippen LogP contribution in [0.3, 0.4) is 0 Å². The monoisotopic (exact) mass is 842 g/mol. The summed E-state index contributed by atoms with van der Waals surface area (Å²) in [4.78, 5) is 50.5. The van der Waals surface area contributed by atoms with Gasteiger partial charge in [-0.25, -0.2) is 14.8 Å². The van der Waals surface area contributed by atoms with Gasteiger partial charge in [-0.05, 0) is 106 Å². The lowest BCUT2D eigenvalue weighted by Crippen LogP contribution is -2.52. The Labute approximate surface area is 352 Å². The zero-order valence-electron chi connectivity index (χ0n) is 33.9. The van der Waals surface area contributed by atoms with Crippen molar-refractivity contribution < 1.29 is 33.3 Å². The van der Waals surface area contributed by atoms with E-state index in [4.69, 9.17) is 52.1 Å². The molecular weight excluding hydrogens is 795 g/mol. The van der Waals surface area contributed by atoms with Crippen LogP contribution >= 0.6 is 23.2 Å². The maximum atomic E-state index is 14.3. The number of methoxy groups -OCH3 is 2. The molecule has 1 unspecified atom stereocenters. The number of ether oxygens (including phenoxy) is 4. The number of rotatable bonds is 16. The Hall–Kier alpha value is -5.79. The van der Waals surface area contributed by atoms with Gasteiger partial charge in [0.15, 0.2) is 0 Å². The fraction of sp³-hybridized carbons (Fsp3) is 0.341. The molecule has 0 fully saturated rings. The van der Waals surface area contributed by atoms with Crippen LogP contribution in [0.5, 0.6) is 11.5 Å². The van der Waals surface area contributed by atoms with Gasteiger partial charge in [-0.15, -0.1) is 0 Å². The molecule has 0 saturated carbocycles. The highest BCUT2D eigenvalue weighted by Crippen LogP contribution is 2.36. The van der Waals surface area contributed by atoms with E-state index in [9.17, 15) is 14.4 Å². The van der Waals surface area contributed by atoms with Crippen LogP contribution < -0.4 is 25.4 Å². The first-order valence-electron chi connectivity index (χ1n) is 19.3. The average Bonchev–Trinajstić information content (AvgIpc) is 3.19. The molecule has 0 radical (unpaired) electrons. The van der Waals surface area contributed by atoms with Gasteiger partial charge in [0.1, 0.15) is 29.7 Å². The first kappa shape index (κ1) is 42.8. The van der Waals surface area contributed by atoms with Gasteiger partial charge in [-0.2, -0.15) is 0 Å². The molecule has 3 N–H and O–H groups in total. The van der Waals surface area contributed by atoms with Crippen molar-refractivity contribution in [2.24, 2.45) is 0 Å². The summed E-state index contributed by atoms with van der Waals surface area (Å²) in [5.74, 6) is 0.370. The number of amides is 2. The fourth-order valence-corrected chi connectivity index (χ4v) is 7.10. The third-order valence-electron chi connectivity index (χ3n) is 9.45. The number of pyridine rings is 2. The topological polar surface area (TPSA) is 153 Å². The summed E-state index contributed by atoms with van der Waals surface area (Å²) in [7, 11) is 3.23. The molecule has 6 aromatic rings. The molecule has 4 aromatic carbocycles. The van der Waals surface area contributed by atoms with Gasteiger partial charge in [0.2, 0.25) is 5.91 Å². The summed E-state index contributed by atoms with van der Waals surface area (Å²) < 4.78 is 21.8. The van der Waals surface area contributed by atoms with E-state index in [0.717, 1.165) is 55.0 Å². The lowest BCUT2D eigenvalue weighted by atomic mass is 10.1. The number of carbonyl (C=O) groups excluding carboxylic acids is 3. The highest BCUT2D eigenvalue weighted by Gasteiger charge is 2.29. The van der Waals surface area contributed by atoms with Crippen LogP contribution in [0, 0.1) is 0 Å². The molecule has 13 nitrogen and oxygen atoms in total. The summed E-state index contributed by atoms with van der Waals surface area (Å²) in [5.41, 5.74) is 3.91. The molecule has 2 aromatic heterocycles. The molecular formula is C44H48Cl2N6O7. The van der Waals surface area contributed by atoms with Crippen LogP contribution in [0.4, 0.5) is 16.2 Å². The quantitative estimate of drug-likeness (QED) is 0.0486. The van der Waals surface area contributed by atoms with E-state index in [0.29, 0.717) is 60.6 Å². The molecule has 0 saturated heterocycles. The number of hydrogen-bond donors (Lipinski definition) is 3. The van der Waals surface area contributed by atoms with Gasteiger partial charge < -0.3 is 39.8 Å². The van der Waals surface area contributed by atoms with Gasteiger partial charge >= 0.3 is 12.1 Å². The predicted molar refractivity (Wildman–Crippen MR) is 234 cm³/mol. The van der Waals surface area contributed by atoms with Crippen molar-refractivity contribution in [3.63, 3.8) is 0 Å². The molecule has 0 aliphatic heterocycles. The number of carbonyl (C=O) groups is 3. The maximum absolute atomic E-state index is 14.3. The van der Waals surface area contributed by atoms with Crippen LogP contribution in [0.25, 0.3) is 43.6 Å². The van der Waals surface area contributed by atoms with Crippen LogP contribution in [0.1, 0.15) is 40.5 Å². The van der Waals surface area contributed by atoms with E-state index >= 15 is 0 Å². The van der Waals surface area contributed by atoms with Gasteiger partial charge in [-0.3, -0.25) is 9.59 Å². The zero-order chi connectivity index (χ0) is 42.3. The molecule has 2 heterocycles. The molecule has 15 heteroatoms. The van der Waals surface area contributed by atoms with Crippen molar-refractivity contribution in [1.82, 2.24) is 20.2 Å². The molecule has 6 rings (SSSR count). The first-order chi connectivity index (χ1) is 28.2. The maximum Gasteiger partial charge on any atom is 0.408 e. The molecule has 310 valence electrons. The minimum absolute atomic E-state index is 0.311. The van der Waals surface area contributed by atoms with Crippen molar-refractivity contribution in [2.75, 3.05) is 57.6 Å².